The predicted octanol–water partition coefficient (Wildman–Crippen LogP) is 3.74. The third-order valence-corrected chi connectivity index (χ3v) is 3.01. The van der Waals surface area contributed by atoms with Crippen molar-refractivity contribution in [3.63, 3.8) is 0 Å². The molecular formula is C15H12ClFN2. The maximum absolute atomic E-state index is 13.5. The number of halogens is 2. The Morgan fingerprint density at radius 2 is 2.05 bits per heavy atom. The van der Waals surface area contributed by atoms with Crippen LogP contribution >= 0.6 is 11.6 Å². The van der Waals surface area contributed by atoms with Crippen LogP contribution in [0.2, 0.25) is 5.02 Å². The molecule has 2 aromatic rings. The van der Waals surface area contributed by atoms with E-state index in [2.05, 4.69) is 5.32 Å². The normalized spacial score (nSPS) is 10.2. The zero-order valence-electron chi connectivity index (χ0n) is 10.4. The van der Waals surface area contributed by atoms with Crippen LogP contribution in [-0.4, -0.2) is 7.05 Å². The predicted molar refractivity (Wildman–Crippen MR) is 74.3 cm³/mol. The molecule has 0 amide bonds. The minimum absolute atomic E-state index is 0.297. The molecule has 0 bridgehead atoms. The molecule has 0 unspecified atom stereocenters. The molecule has 0 radical (unpaired) electrons. The molecule has 0 spiro atoms. The summed E-state index contributed by atoms with van der Waals surface area (Å²) in [6, 6.07) is 11.7. The van der Waals surface area contributed by atoms with Crippen molar-refractivity contribution in [3.8, 4) is 17.2 Å². The van der Waals surface area contributed by atoms with Crippen molar-refractivity contribution < 1.29 is 4.39 Å². The summed E-state index contributed by atoms with van der Waals surface area (Å²) in [7, 11) is 1.84. The molecule has 96 valence electrons. The Balaban J connectivity index is 2.60. The van der Waals surface area contributed by atoms with Crippen molar-refractivity contribution >= 4 is 11.6 Å². The van der Waals surface area contributed by atoms with Crippen molar-refractivity contribution in [1.29, 1.82) is 5.26 Å². The largest absolute Gasteiger partial charge is 0.316 e. The van der Waals surface area contributed by atoms with Crippen molar-refractivity contribution in [2.45, 2.75) is 6.54 Å². The molecule has 2 aromatic carbocycles. The van der Waals surface area contributed by atoms with Crippen LogP contribution in [-0.2, 0) is 6.54 Å². The van der Waals surface area contributed by atoms with Gasteiger partial charge in [0.1, 0.15) is 5.82 Å². The van der Waals surface area contributed by atoms with Gasteiger partial charge in [-0.15, -0.1) is 0 Å². The highest BCUT2D eigenvalue weighted by Gasteiger charge is 2.08. The fourth-order valence-electron chi connectivity index (χ4n) is 1.97. The molecule has 2 nitrogen and oxygen atoms in total. The van der Waals surface area contributed by atoms with Crippen LogP contribution < -0.4 is 5.32 Å². The van der Waals surface area contributed by atoms with Gasteiger partial charge in [0.25, 0.3) is 0 Å². The summed E-state index contributed by atoms with van der Waals surface area (Å²) in [5.41, 5.74) is 2.79. The fourth-order valence-corrected chi connectivity index (χ4v) is 2.14. The molecule has 1 N–H and O–H groups in total. The number of rotatable bonds is 3. The molecule has 0 heterocycles. The lowest BCUT2D eigenvalue weighted by atomic mass is 9.98. The summed E-state index contributed by atoms with van der Waals surface area (Å²) in [4.78, 5) is 0. The molecule has 0 aliphatic rings. The Morgan fingerprint density at radius 1 is 1.26 bits per heavy atom. The Kier molecular flexibility index (Phi) is 4.16. The summed E-state index contributed by atoms with van der Waals surface area (Å²) in [5.74, 6) is -0.426. The van der Waals surface area contributed by atoms with Gasteiger partial charge in [-0.25, -0.2) is 4.39 Å². The van der Waals surface area contributed by atoms with E-state index in [0.29, 0.717) is 22.7 Å². The van der Waals surface area contributed by atoms with E-state index in [1.807, 2.05) is 19.2 Å². The van der Waals surface area contributed by atoms with Crippen LogP contribution in [0.3, 0.4) is 0 Å². The monoisotopic (exact) mass is 274 g/mol. The highest BCUT2D eigenvalue weighted by Crippen LogP contribution is 2.28. The van der Waals surface area contributed by atoms with Gasteiger partial charge in [0, 0.05) is 11.6 Å². The zero-order chi connectivity index (χ0) is 13.8. The molecule has 0 fully saturated rings. The van der Waals surface area contributed by atoms with E-state index in [4.69, 9.17) is 16.9 Å². The van der Waals surface area contributed by atoms with E-state index < -0.39 is 5.82 Å². The fraction of sp³-hybridized carbons (Fsp3) is 0.133. The summed E-state index contributed by atoms with van der Waals surface area (Å²) < 4.78 is 13.5. The lowest BCUT2D eigenvalue weighted by Gasteiger charge is -2.10. The van der Waals surface area contributed by atoms with Gasteiger partial charge < -0.3 is 5.32 Å². The zero-order valence-corrected chi connectivity index (χ0v) is 11.1. The van der Waals surface area contributed by atoms with E-state index in [0.717, 1.165) is 11.1 Å². The van der Waals surface area contributed by atoms with Crippen molar-refractivity contribution in [1.82, 2.24) is 5.32 Å². The Hall–Kier alpha value is -1.89. The van der Waals surface area contributed by atoms with Gasteiger partial charge in [0.2, 0.25) is 0 Å². The Bertz CT molecular complexity index is 647. The van der Waals surface area contributed by atoms with Gasteiger partial charge in [-0.05, 0) is 54.1 Å². The van der Waals surface area contributed by atoms with Gasteiger partial charge in [0.05, 0.1) is 11.6 Å². The molecule has 0 aliphatic heterocycles. The first kappa shape index (κ1) is 13.5. The second-order valence-electron chi connectivity index (χ2n) is 4.17. The van der Waals surface area contributed by atoms with Crippen LogP contribution in [0.4, 0.5) is 4.39 Å². The van der Waals surface area contributed by atoms with Crippen LogP contribution in [0, 0.1) is 17.1 Å². The maximum atomic E-state index is 13.5. The summed E-state index contributed by atoms with van der Waals surface area (Å²) in [6.07, 6.45) is 0. The average molecular weight is 275 g/mol. The number of nitrogens with one attached hydrogen (secondary N) is 1. The first-order chi connectivity index (χ1) is 9.13. The molecule has 19 heavy (non-hydrogen) atoms. The number of nitrogens with zero attached hydrogens (tertiary/aromatic N) is 1. The van der Waals surface area contributed by atoms with Gasteiger partial charge >= 0.3 is 0 Å². The first-order valence-electron chi connectivity index (χ1n) is 5.78. The smallest absolute Gasteiger partial charge is 0.125 e. The van der Waals surface area contributed by atoms with Gasteiger partial charge in [-0.1, -0.05) is 17.7 Å². The Morgan fingerprint density at radius 3 is 2.74 bits per heavy atom. The second kappa shape index (κ2) is 5.83. The van der Waals surface area contributed by atoms with E-state index in [9.17, 15) is 4.39 Å². The SMILES string of the molecule is CNCc1ccc(Cl)cc1-c1cc(F)cc(C#N)c1. The standard InChI is InChI=1S/C15H12ClFN2/c1-19-9-11-2-3-13(16)7-15(11)12-4-10(8-18)5-14(17)6-12/h2-7,19H,9H2,1H3. The number of benzene rings is 2. The lowest BCUT2D eigenvalue weighted by Crippen LogP contribution is -2.06. The minimum Gasteiger partial charge on any atom is -0.316 e. The summed E-state index contributed by atoms with van der Waals surface area (Å²) in [5, 5.41) is 12.5. The van der Waals surface area contributed by atoms with Crippen LogP contribution in [0.5, 0.6) is 0 Å². The molecular weight excluding hydrogens is 263 g/mol. The van der Waals surface area contributed by atoms with Gasteiger partial charge in [-0.2, -0.15) is 5.26 Å². The van der Waals surface area contributed by atoms with Crippen molar-refractivity contribution in [3.05, 3.63) is 58.4 Å². The molecule has 0 atom stereocenters. The van der Waals surface area contributed by atoms with Crippen molar-refractivity contribution in [2.75, 3.05) is 7.05 Å². The molecule has 0 saturated carbocycles. The highest BCUT2D eigenvalue weighted by molar-refractivity contribution is 6.30. The van der Waals surface area contributed by atoms with Crippen LogP contribution in [0.1, 0.15) is 11.1 Å². The second-order valence-corrected chi connectivity index (χ2v) is 4.61. The van der Waals surface area contributed by atoms with E-state index >= 15 is 0 Å². The van der Waals surface area contributed by atoms with Gasteiger partial charge in [0.15, 0.2) is 0 Å². The van der Waals surface area contributed by atoms with E-state index in [1.165, 1.54) is 12.1 Å². The molecule has 0 aliphatic carbocycles. The third-order valence-electron chi connectivity index (χ3n) is 2.78. The summed E-state index contributed by atoms with van der Waals surface area (Å²) >= 11 is 6.00. The third kappa shape index (κ3) is 3.11. The number of hydrogen-bond acceptors (Lipinski definition) is 2. The number of hydrogen-bond donors (Lipinski definition) is 1. The van der Waals surface area contributed by atoms with Crippen LogP contribution in [0.25, 0.3) is 11.1 Å². The molecule has 0 aromatic heterocycles. The van der Waals surface area contributed by atoms with E-state index in [1.54, 1.807) is 18.2 Å². The quantitative estimate of drug-likeness (QED) is 0.925. The van der Waals surface area contributed by atoms with E-state index in [-0.39, 0.29) is 0 Å². The van der Waals surface area contributed by atoms with Crippen LogP contribution in [0.15, 0.2) is 36.4 Å². The molecule has 0 saturated heterocycles. The van der Waals surface area contributed by atoms with Crippen molar-refractivity contribution in [2.24, 2.45) is 0 Å². The Labute approximate surface area is 116 Å². The lowest BCUT2D eigenvalue weighted by molar-refractivity contribution is 0.628. The molecule has 4 heteroatoms. The summed E-state index contributed by atoms with van der Waals surface area (Å²) in [6.45, 7) is 0.644. The number of nitriles is 1. The average Bonchev–Trinajstić information content (AvgIpc) is 2.40. The molecule has 2 rings (SSSR count). The maximum Gasteiger partial charge on any atom is 0.125 e. The first-order valence-corrected chi connectivity index (χ1v) is 6.16. The highest BCUT2D eigenvalue weighted by atomic mass is 35.5. The van der Waals surface area contributed by atoms with Gasteiger partial charge in [-0.3, -0.25) is 0 Å². The topological polar surface area (TPSA) is 35.8 Å². The minimum atomic E-state index is -0.426.